The minimum absolute atomic E-state index is 0.132. The number of likely N-dealkylation sites (tertiary alicyclic amines) is 1. The van der Waals surface area contributed by atoms with Crippen molar-refractivity contribution in [2.24, 2.45) is 5.41 Å². The van der Waals surface area contributed by atoms with Gasteiger partial charge in [-0.15, -0.1) is 5.10 Å². The molecule has 1 atom stereocenters. The Bertz CT molecular complexity index is 376. The molecule has 1 saturated heterocycles. The van der Waals surface area contributed by atoms with E-state index in [2.05, 4.69) is 20.4 Å². The lowest BCUT2D eigenvalue weighted by Crippen LogP contribution is -2.52. The standard InChI is InChI=1S/C12H21N5O/c18-11-7-12(3-1-4-12)9-16(8-11)5-2-6-17-10-13-14-15-17/h10-11,18H,1-9H2. The molecule has 2 aliphatic rings. The van der Waals surface area contributed by atoms with Gasteiger partial charge in [0.2, 0.25) is 0 Å². The molecule has 100 valence electrons. The maximum atomic E-state index is 9.98. The normalized spacial score (nSPS) is 27.3. The second kappa shape index (κ2) is 4.93. The first-order valence-corrected chi connectivity index (χ1v) is 6.87. The van der Waals surface area contributed by atoms with Gasteiger partial charge in [-0.3, -0.25) is 0 Å². The second-order valence-corrected chi connectivity index (χ2v) is 5.87. The average molecular weight is 251 g/mol. The fourth-order valence-corrected chi connectivity index (χ4v) is 3.41. The zero-order chi connectivity index (χ0) is 12.4. The molecule has 0 radical (unpaired) electrons. The maximum Gasteiger partial charge on any atom is 0.138 e. The molecule has 1 N–H and O–H groups in total. The van der Waals surface area contributed by atoms with E-state index in [1.807, 2.05) is 0 Å². The molecule has 0 bridgehead atoms. The zero-order valence-electron chi connectivity index (χ0n) is 10.7. The van der Waals surface area contributed by atoms with Crippen molar-refractivity contribution in [3.05, 3.63) is 6.33 Å². The van der Waals surface area contributed by atoms with Crippen LogP contribution in [0.1, 0.15) is 32.1 Å². The van der Waals surface area contributed by atoms with Crippen LogP contribution in [0.2, 0.25) is 0 Å². The van der Waals surface area contributed by atoms with Gasteiger partial charge in [0.15, 0.2) is 0 Å². The predicted octanol–water partition coefficient (Wildman–Crippen LogP) is 0.300. The molecule has 1 aliphatic carbocycles. The van der Waals surface area contributed by atoms with Gasteiger partial charge in [-0.25, -0.2) is 4.68 Å². The van der Waals surface area contributed by atoms with Crippen molar-refractivity contribution in [2.45, 2.75) is 44.8 Å². The number of aliphatic hydroxyl groups excluding tert-OH is 1. The zero-order valence-corrected chi connectivity index (χ0v) is 10.7. The minimum atomic E-state index is -0.132. The van der Waals surface area contributed by atoms with Crippen molar-refractivity contribution in [1.82, 2.24) is 25.1 Å². The Morgan fingerprint density at radius 3 is 2.89 bits per heavy atom. The van der Waals surface area contributed by atoms with E-state index < -0.39 is 0 Å². The van der Waals surface area contributed by atoms with Crippen LogP contribution in [0.5, 0.6) is 0 Å². The molecule has 6 nitrogen and oxygen atoms in total. The largest absolute Gasteiger partial charge is 0.392 e. The Morgan fingerprint density at radius 1 is 1.33 bits per heavy atom. The third-order valence-corrected chi connectivity index (χ3v) is 4.36. The van der Waals surface area contributed by atoms with E-state index in [4.69, 9.17) is 0 Å². The van der Waals surface area contributed by atoms with Crippen molar-refractivity contribution in [3.8, 4) is 0 Å². The molecule has 6 heteroatoms. The number of aliphatic hydroxyl groups is 1. The smallest absolute Gasteiger partial charge is 0.138 e. The molecule has 0 aromatic carbocycles. The first-order valence-electron chi connectivity index (χ1n) is 6.87. The van der Waals surface area contributed by atoms with E-state index in [0.717, 1.165) is 32.5 Å². The lowest BCUT2D eigenvalue weighted by molar-refractivity contribution is -0.0502. The summed E-state index contributed by atoms with van der Waals surface area (Å²) in [7, 11) is 0. The molecule has 2 heterocycles. The topological polar surface area (TPSA) is 67.1 Å². The van der Waals surface area contributed by atoms with Crippen LogP contribution in [-0.4, -0.2) is 56.0 Å². The molecule has 3 rings (SSSR count). The summed E-state index contributed by atoms with van der Waals surface area (Å²) >= 11 is 0. The number of aryl methyl sites for hydroxylation is 1. The molecule has 1 unspecified atom stereocenters. The van der Waals surface area contributed by atoms with Gasteiger partial charge in [0.1, 0.15) is 6.33 Å². The van der Waals surface area contributed by atoms with Gasteiger partial charge in [-0.2, -0.15) is 0 Å². The monoisotopic (exact) mass is 251 g/mol. The van der Waals surface area contributed by atoms with Gasteiger partial charge in [0, 0.05) is 26.2 Å². The van der Waals surface area contributed by atoms with E-state index in [1.165, 1.54) is 25.8 Å². The van der Waals surface area contributed by atoms with Crippen LogP contribution in [0.15, 0.2) is 6.33 Å². The van der Waals surface area contributed by atoms with Crippen molar-refractivity contribution < 1.29 is 5.11 Å². The van der Waals surface area contributed by atoms with Crippen LogP contribution in [0.3, 0.4) is 0 Å². The summed E-state index contributed by atoms with van der Waals surface area (Å²) < 4.78 is 1.76. The predicted molar refractivity (Wildman–Crippen MR) is 65.8 cm³/mol. The fourth-order valence-electron chi connectivity index (χ4n) is 3.41. The van der Waals surface area contributed by atoms with Gasteiger partial charge < -0.3 is 10.0 Å². The molecule has 18 heavy (non-hydrogen) atoms. The number of hydrogen-bond donors (Lipinski definition) is 1. The Balaban J connectivity index is 1.47. The third kappa shape index (κ3) is 2.54. The van der Waals surface area contributed by atoms with Crippen molar-refractivity contribution in [1.29, 1.82) is 0 Å². The first-order chi connectivity index (χ1) is 8.76. The average Bonchev–Trinajstić information content (AvgIpc) is 2.79. The summed E-state index contributed by atoms with van der Waals surface area (Å²) in [5, 5.41) is 21.1. The van der Waals surface area contributed by atoms with E-state index >= 15 is 0 Å². The van der Waals surface area contributed by atoms with Crippen molar-refractivity contribution in [3.63, 3.8) is 0 Å². The van der Waals surface area contributed by atoms with Gasteiger partial charge in [-0.1, -0.05) is 6.42 Å². The fraction of sp³-hybridized carbons (Fsp3) is 0.917. The van der Waals surface area contributed by atoms with Crippen molar-refractivity contribution in [2.75, 3.05) is 19.6 Å². The van der Waals surface area contributed by atoms with Crippen molar-refractivity contribution >= 4 is 0 Å². The van der Waals surface area contributed by atoms with Crippen LogP contribution in [0.4, 0.5) is 0 Å². The van der Waals surface area contributed by atoms with Gasteiger partial charge in [-0.05, 0) is 41.5 Å². The third-order valence-electron chi connectivity index (χ3n) is 4.36. The number of aromatic nitrogens is 4. The quantitative estimate of drug-likeness (QED) is 0.833. The highest BCUT2D eigenvalue weighted by Gasteiger charge is 2.43. The maximum absolute atomic E-state index is 9.98. The number of nitrogens with zero attached hydrogens (tertiary/aromatic N) is 5. The molecule has 1 aromatic rings. The lowest BCUT2D eigenvalue weighted by atomic mass is 9.64. The summed E-state index contributed by atoms with van der Waals surface area (Å²) in [6, 6.07) is 0. The highest BCUT2D eigenvalue weighted by atomic mass is 16.3. The van der Waals surface area contributed by atoms with E-state index in [9.17, 15) is 5.11 Å². The molecule has 0 amide bonds. The highest BCUT2D eigenvalue weighted by molar-refractivity contribution is 4.96. The number of rotatable bonds is 4. The second-order valence-electron chi connectivity index (χ2n) is 5.87. The SMILES string of the molecule is OC1CN(CCCn2cnnn2)CC2(CCC2)C1. The molecule has 1 spiro atoms. The lowest BCUT2D eigenvalue weighted by Gasteiger charge is -2.50. The molecule has 1 aliphatic heterocycles. The van der Waals surface area contributed by atoms with E-state index in [1.54, 1.807) is 11.0 Å². The summed E-state index contributed by atoms with van der Waals surface area (Å²) in [6.45, 7) is 3.88. The Kier molecular flexibility index (Phi) is 3.30. The minimum Gasteiger partial charge on any atom is -0.392 e. The Morgan fingerprint density at radius 2 is 2.22 bits per heavy atom. The molecular formula is C12H21N5O. The van der Waals surface area contributed by atoms with Crippen LogP contribution in [0, 0.1) is 5.41 Å². The van der Waals surface area contributed by atoms with Crippen LogP contribution < -0.4 is 0 Å². The summed E-state index contributed by atoms with van der Waals surface area (Å²) in [4.78, 5) is 2.41. The first kappa shape index (κ1) is 12.0. The van der Waals surface area contributed by atoms with E-state index in [0.29, 0.717) is 5.41 Å². The van der Waals surface area contributed by atoms with Crippen LogP contribution in [-0.2, 0) is 6.54 Å². The number of piperidine rings is 1. The number of β-amino-alcohol motifs (C(OH)–C–C–N with tert-alkyl or cyclic N) is 1. The highest BCUT2D eigenvalue weighted by Crippen LogP contribution is 2.47. The van der Waals surface area contributed by atoms with Gasteiger partial charge >= 0.3 is 0 Å². The molecule has 1 saturated carbocycles. The summed E-state index contributed by atoms with van der Waals surface area (Å²) in [5.41, 5.74) is 0.437. The molecule has 1 aromatic heterocycles. The van der Waals surface area contributed by atoms with Crippen LogP contribution in [0.25, 0.3) is 0 Å². The van der Waals surface area contributed by atoms with Gasteiger partial charge in [0.05, 0.1) is 6.10 Å². The summed E-state index contributed by atoms with van der Waals surface area (Å²) in [6.07, 6.45) is 7.50. The Hall–Kier alpha value is -1.01. The molecular weight excluding hydrogens is 230 g/mol. The number of tetrazole rings is 1. The summed E-state index contributed by atoms with van der Waals surface area (Å²) in [5.74, 6) is 0. The van der Waals surface area contributed by atoms with E-state index in [-0.39, 0.29) is 6.10 Å². The molecule has 2 fully saturated rings. The number of hydrogen-bond acceptors (Lipinski definition) is 5. The van der Waals surface area contributed by atoms with Crippen LogP contribution >= 0.6 is 0 Å². The Labute approximate surface area is 107 Å². The van der Waals surface area contributed by atoms with Gasteiger partial charge in [0.25, 0.3) is 0 Å².